The van der Waals surface area contributed by atoms with Gasteiger partial charge in [-0.25, -0.2) is 0 Å². The molecule has 1 saturated carbocycles. The third-order valence-corrected chi connectivity index (χ3v) is 10.2. The van der Waals surface area contributed by atoms with E-state index < -0.39 is 11.0 Å². The molecule has 2 saturated heterocycles. The first-order valence-electron chi connectivity index (χ1n) is 14.4. The Labute approximate surface area is 229 Å². The molecule has 192 valence electrons. The average Bonchev–Trinajstić information content (AvgIpc) is 3.61. The third kappa shape index (κ3) is 2.81. The van der Waals surface area contributed by atoms with E-state index in [4.69, 9.17) is 0 Å². The number of carbonyl (C=O) groups excluding carboxylic acids is 2. The average molecular weight is 510 g/mol. The lowest BCUT2D eigenvalue weighted by atomic mass is 9.52. The van der Waals surface area contributed by atoms with Crippen LogP contribution in [0.25, 0.3) is 16.8 Å². The Kier molecular flexibility index (Phi) is 4.94. The number of ketones is 2. The minimum atomic E-state index is -0.981. The highest BCUT2D eigenvalue weighted by atomic mass is 16.1. The first kappa shape index (κ1) is 23.1. The molecule has 4 aliphatic rings. The smallest absolute Gasteiger partial charge is 0.189 e. The second-order valence-corrected chi connectivity index (χ2v) is 11.8. The summed E-state index contributed by atoms with van der Waals surface area (Å²) in [5.74, 6) is 0.273. The van der Waals surface area contributed by atoms with Crippen LogP contribution in [0.2, 0.25) is 0 Å². The summed E-state index contributed by atoms with van der Waals surface area (Å²) < 4.78 is 0. The van der Waals surface area contributed by atoms with Gasteiger partial charge in [0, 0.05) is 17.5 Å². The molecule has 2 heterocycles. The van der Waals surface area contributed by atoms with Gasteiger partial charge in [-0.2, -0.15) is 0 Å². The number of allylic oxidation sites excluding steroid dienone is 1. The molecular weight excluding hydrogens is 478 g/mol. The number of Topliss-reactive ketones (excluding diaryl/α,β-unsaturated/α-hetero) is 2. The van der Waals surface area contributed by atoms with Gasteiger partial charge in [0.25, 0.3) is 0 Å². The zero-order valence-corrected chi connectivity index (χ0v) is 22.0. The van der Waals surface area contributed by atoms with Gasteiger partial charge in [0.15, 0.2) is 11.6 Å². The predicted octanol–water partition coefficient (Wildman–Crippen LogP) is 7.32. The van der Waals surface area contributed by atoms with Gasteiger partial charge in [-0.05, 0) is 77.8 Å². The van der Waals surface area contributed by atoms with Crippen molar-refractivity contribution in [2.75, 3.05) is 6.54 Å². The Hall–Kier alpha value is -3.82. The molecule has 0 unspecified atom stereocenters. The summed E-state index contributed by atoms with van der Waals surface area (Å²) in [7, 11) is 0. The van der Waals surface area contributed by atoms with E-state index in [2.05, 4.69) is 71.6 Å². The van der Waals surface area contributed by atoms with Gasteiger partial charge in [-0.1, -0.05) is 97.1 Å². The highest BCUT2D eigenvalue weighted by Gasteiger charge is 2.77. The standard InChI is InChI=1S/C36H31NO2/c38-33-27(23-24-11-3-1-4-12-24)17-9-21-35(33)32(26-13-5-2-6-14-26)30-20-10-22-37(30)36(35)29-19-8-16-25-15-7-18-28(31(25)29)34(36)39/h1-8,11-16,18-19,23,30,32H,9-10,17,20-22H2/b27-23+/t30-,32-,35-,36-/m0/s1. The predicted molar refractivity (Wildman–Crippen MR) is 155 cm³/mol. The number of hydrogen-bond donors (Lipinski definition) is 0. The zero-order valence-electron chi connectivity index (χ0n) is 22.0. The van der Waals surface area contributed by atoms with Gasteiger partial charge in [-0.3, -0.25) is 14.5 Å². The second kappa shape index (κ2) is 8.34. The molecule has 2 aliphatic heterocycles. The molecule has 39 heavy (non-hydrogen) atoms. The fourth-order valence-corrected chi connectivity index (χ4v) is 9.01. The maximum atomic E-state index is 15.3. The molecule has 2 spiro atoms. The molecule has 0 N–H and O–H groups in total. The lowest BCUT2D eigenvalue weighted by molar-refractivity contribution is -0.132. The molecule has 4 atom stereocenters. The highest BCUT2D eigenvalue weighted by molar-refractivity contribution is 6.24. The van der Waals surface area contributed by atoms with Gasteiger partial charge in [0.1, 0.15) is 5.54 Å². The maximum absolute atomic E-state index is 15.3. The lowest BCUT2D eigenvalue weighted by Crippen LogP contribution is -2.60. The zero-order chi connectivity index (χ0) is 26.2. The quantitative estimate of drug-likeness (QED) is 0.266. The van der Waals surface area contributed by atoms with Crippen molar-refractivity contribution in [2.24, 2.45) is 5.41 Å². The SMILES string of the molecule is O=C1c2cccc3cccc(c23)[C@]12N1CCC[C@H]1[C@H](c1ccccc1)[C@]21CCC/C(=C\c2ccccc2)C1=O. The Morgan fingerprint density at radius 2 is 1.51 bits per heavy atom. The minimum Gasteiger partial charge on any atom is -0.294 e. The van der Waals surface area contributed by atoms with Crippen LogP contribution in [-0.4, -0.2) is 29.1 Å². The van der Waals surface area contributed by atoms with Crippen molar-refractivity contribution in [1.82, 2.24) is 4.90 Å². The van der Waals surface area contributed by atoms with Crippen LogP contribution in [0.4, 0.5) is 0 Å². The summed E-state index contributed by atoms with van der Waals surface area (Å²) in [4.78, 5) is 32.9. The molecule has 4 aromatic rings. The molecule has 8 rings (SSSR count). The molecule has 3 heteroatoms. The minimum absolute atomic E-state index is 0.0401. The van der Waals surface area contributed by atoms with Gasteiger partial charge in [0.2, 0.25) is 0 Å². The van der Waals surface area contributed by atoms with E-state index in [0.717, 1.165) is 71.7 Å². The van der Waals surface area contributed by atoms with Crippen LogP contribution >= 0.6 is 0 Å². The molecule has 0 aromatic heterocycles. The van der Waals surface area contributed by atoms with Crippen LogP contribution in [0.1, 0.15) is 65.1 Å². The highest BCUT2D eigenvalue weighted by Crippen LogP contribution is 2.71. The van der Waals surface area contributed by atoms with Crippen molar-refractivity contribution in [3.63, 3.8) is 0 Å². The topological polar surface area (TPSA) is 37.4 Å². The first-order valence-corrected chi connectivity index (χ1v) is 14.4. The van der Waals surface area contributed by atoms with E-state index in [1.165, 1.54) is 5.56 Å². The molecule has 0 bridgehead atoms. The summed E-state index contributed by atoms with van der Waals surface area (Å²) in [6.07, 6.45) is 6.52. The number of carbonyl (C=O) groups is 2. The first-order chi connectivity index (χ1) is 19.2. The monoisotopic (exact) mass is 509 g/mol. The van der Waals surface area contributed by atoms with Crippen molar-refractivity contribution in [3.05, 3.63) is 125 Å². The molecule has 0 amide bonds. The summed E-state index contributed by atoms with van der Waals surface area (Å²) >= 11 is 0. The van der Waals surface area contributed by atoms with Crippen LogP contribution in [0, 0.1) is 5.41 Å². The van der Waals surface area contributed by atoms with E-state index in [9.17, 15) is 0 Å². The van der Waals surface area contributed by atoms with E-state index >= 15 is 9.59 Å². The van der Waals surface area contributed by atoms with Gasteiger partial charge < -0.3 is 0 Å². The molecule has 4 aromatic carbocycles. The second-order valence-electron chi connectivity index (χ2n) is 11.8. The molecular formula is C36H31NO2. The molecule has 0 radical (unpaired) electrons. The van der Waals surface area contributed by atoms with Crippen LogP contribution in [-0.2, 0) is 10.3 Å². The fourth-order valence-electron chi connectivity index (χ4n) is 9.01. The van der Waals surface area contributed by atoms with Crippen molar-refractivity contribution >= 4 is 28.4 Å². The number of nitrogens with zero attached hydrogens (tertiary/aromatic N) is 1. The number of rotatable bonds is 2. The van der Waals surface area contributed by atoms with Crippen LogP contribution in [0.15, 0.2) is 103 Å². The van der Waals surface area contributed by atoms with E-state index in [0.29, 0.717) is 0 Å². The number of benzene rings is 4. The van der Waals surface area contributed by atoms with Crippen molar-refractivity contribution in [1.29, 1.82) is 0 Å². The normalized spacial score (nSPS) is 30.7. The van der Waals surface area contributed by atoms with Crippen LogP contribution in [0.5, 0.6) is 0 Å². The van der Waals surface area contributed by atoms with E-state index in [1.807, 2.05) is 36.4 Å². The summed E-state index contributed by atoms with van der Waals surface area (Å²) in [5, 5.41) is 2.14. The fraction of sp³-hybridized carbons (Fsp3) is 0.278. The summed E-state index contributed by atoms with van der Waals surface area (Å²) in [6, 6.07) is 33.4. The van der Waals surface area contributed by atoms with Crippen LogP contribution < -0.4 is 0 Å². The summed E-state index contributed by atoms with van der Waals surface area (Å²) in [6.45, 7) is 0.844. The van der Waals surface area contributed by atoms with Gasteiger partial charge in [-0.15, -0.1) is 0 Å². The molecule has 3 fully saturated rings. The third-order valence-electron chi connectivity index (χ3n) is 10.2. The largest absolute Gasteiger partial charge is 0.294 e. The molecule has 3 nitrogen and oxygen atoms in total. The van der Waals surface area contributed by atoms with Crippen molar-refractivity contribution in [2.45, 2.75) is 49.6 Å². The Bertz CT molecular complexity index is 1670. The maximum Gasteiger partial charge on any atom is 0.189 e. The van der Waals surface area contributed by atoms with Gasteiger partial charge in [0.05, 0.1) is 5.41 Å². The summed E-state index contributed by atoms with van der Waals surface area (Å²) in [5.41, 5.74) is 3.11. The molecule has 2 aliphatic carbocycles. The van der Waals surface area contributed by atoms with Gasteiger partial charge >= 0.3 is 0 Å². The van der Waals surface area contributed by atoms with Crippen LogP contribution in [0.3, 0.4) is 0 Å². The Morgan fingerprint density at radius 3 is 2.31 bits per heavy atom. The Morgan fingerprint density at radius 1 is 0.769 bits per heavy atom. The Balaban J connectivity index is 1.46. The van der Waals surface area contributed by atoms with Crippen molar-refractivity contribution < 1.29 is 9.59 Å². The van der Waals surface area contributed by atoms with E-state index in [-0.39, 0.29) is 23.5 Å². The van der Waals surface area contributed by atoms with Crippen molar-refractivity contribution in [3.8, 4) is 0 Å². The number of fused-ring (bicyclic) bond motifs is 4. The number of hydrogen-bond acceptors (Lipinski definition) is 3. The van der Waals surface area contributed by atoms with E-state index in [1.54, 1.807) is 0 Å². The lowest BCUT2D eigenvalue weighted by Gasteiger charge is -2.50.